The van der Waals surface area contributed by atoms with Crippen molar-refractivity contribution in [3.8, 4) is 0 Å². The zero-order valence-corrected chi connectivity index (χ0v) is 20.9. The van der Waals surface area contributed by atoms with Gasteiger partial charge in [-0.2, -0.15) is 11.8 Å². The van der Waals surface area contributed by atoms with Crippen molar-refractivity contribution in [2.45, 2.75) is 69.1 Å². The molecule has 1 aromatic rings. The maximum absolute atomic E-state index is 13.2. The summed E-state index contributed by atoms with van der Waals surface area (Å²) in [5, 5.41) is 14.7. The van der Waals surface area contributed by atoms with E-state index >= 15 is 0 Å². The van der Waals surface area contributed by atoms with Crippen LogP contribution in [0.1, 0.15) is 44.2 Å². The van der Waals surface area contributed by atoms with Gasteiger partial charge < -0.3 is 37.1 Å². The van der Waals surface area contributed by atoms with E-state index in [0.29, 0.717) is 50.9 Å². The number of hydrogen-bond donors (Lipinski definition) is 6. The van der Waals surface area contributed by atoms with Crippen LogP contribution in [0, 0.1) is 0 Å². The molecule has 4 atom stereocenters. The fourth-order valence-electron chi connectivity index (χ4n) is 4.03. The second-order valence-corrected chi connectivity index (χ2v) is 9.59. The minimum atomic E-state index is -1.13. The van der Waals surface area contributed by atoms with E-state index in [4.69, 9.17) is 11.5 Å². The second kappa shape index (κ2) is 14.7. The molecule has 35 heavy (non-hydrogen) atoms. The zero-order valence-electron chi connectivity index (χ0n) is 20.1. The molecule has 0 radical (unpaired) electrons. The van der Waals surface area contributed by atoms with Gasteiger partial charge in [0.05, 0.1) is 12.4 Å². The van der Waals surface area contributed by atoms with Crippen LogP contribution in [-0.4, -0.2) is 92.9 Å². The van der Waals surface area contributed by atoms with E-state index in [1.807, 2.05) is 6.26 Å². The molecule has 0 bridgehead atoms. The highest BCUT2D eigenvalue weighted by molar-refractivity contribution is 7.98. The minimum absolute atomic E-state index is 0.264. The van der Waals surface area contributed by atoms with Crippen molar-refractivity contribution in [1.29, 1.82) is 0 Å². The maximum Gasteiger partial charge on any atom is 0.326 e. The largest absolute Gasteiger partial charge is 0.480 e. The number of unbranched alkanes of at least 4 members (excludes halogenated alkanes) is 1. The summed E-state index contributed by atoms with van der Waals surface area (Å²) in [6, 6.07) is -3.55. The van der Waals surface area contributed by atoms with Gasteiger partial charge in [0.15, 0.2) is 0 Å². The average Bonchev–Trinajstić information content (AvgIpc) is 3.52. The molecule has 1 aliphatic heterocycles. The quantitative estimate of drug-likeness (QED) is 0.163. The molecule has 1 saturated heterocycles. The van der Waals surface area contributed by atoms with Crippen molar-refractivity contribution in [1.82, 2.24) is 25.5 Å². The molecular weight excluding hydrogens is 474 g/mol. The number of likely N-dealkylation sites (tertiary alicyclic amines) is 1. The van der Waals surface area contributed by atoms with Crippen molar-refractivity contribution in [3.05, 3.63) is 18.2 Å². The van der Waals surface area contributed by atoms with Gasteiger partial charge in [0.2, 0.25) is 17.7 Å². The van der Waals surface area contributed by atoms with Crippen LogP contribution in [0.2, 0.25) is 0 Å². The Bertz CT molecular complexity index is 838. The van der Waals surface area contributed by atoms with Gasteiger partial charge in [-0.05, 0) is 57.1 Å². The summed E-state index contributed by atoms with van der Waals surface area (Å²) in [4.78, 5) is 58.9. The summed E-state index contributed by atoms with van der Waals surface area (Å²) >= 11 is 1.48. The highest BCUT2D eigenvalue weighted by Crippen LogP contribution is 2.19. The van der Waals surface area contributed by atoms with Gasteiger partial charge in [0, 0.05) is 24.9 Å². The monoisotopic (exact) mass is 511 g/mol. The number of thioether (sulfide) groups is 1. The Hall–Kier alpha value is -2.64. The molecule has 1 aliphatic rings. The van der Waals surface area contributed by atoms with Crippen LogP contribution in [0.4, 0.5) is 0 Å². The number of nitrogens with one attached hydrogen (secondary N) is 3. The van der Waals surface area contributed by atoms with E-state index in [1.54, 1.807) is 6.20 Å². The molecule has 0 saturated carbocycles. The van der Waals surface area contributed by atoms with Crippen molar-refractivity contribution in [2.75, 3.05) is 25.1 Å². The molecule has 2 rings (SSSR count). The zero-order chi connectivity index (χ0) is 25.8. The second-order valence-electron chi connectivity index (χ2n) is 8.60. The van der Waals surface area contributed by atoms with Gasteiger partial charge in [0.1, 0.15) is 18.1 Å². The van der Waals surface area contributed by atoms with Gasteiger partial charge in [-0.15, -0.1) is 0 Å². The Morgan fingerprint density at radius 1 is 1.26 bits per heavy atom. The SMILES string of the molecule is CSCCC(NC(=O)C(CCCCN)NC(=O)C1CCCN1C(=O)C(N)Cc1cnc[nH]1)C(=O)O. The van der Waals surface area contributed by atoms with E-state index in [-0.39, 0.29) is 18.7 Å². The first kappa shape index (κ1) is 28.6. The molecular formula is C22H37N7O5S. The van der Waals surface area contributed by atoms with Crippen molar-refractivity contribution in [2.24, 2.45) is 11.5 Å². The van der Waals surface area contributed by atoms with Crippen molar-refractivity contribution >= 4 is 35.5 Å². The van der Waals surface area contributed by atoms with Gasteiger partial charge >= 0.3 is 5.97 Å². The van der Waals surface area contributed by atoms with E-state index < -0.39 is 42.0 Å². The van der Waals surface area contributed by atoms with Gasteiger partial charge in [-0.3, -0.25) is 14.4 Å². The first-order valence-electron chi connectivity index (χ1n) is 11.8. The topological polar surface area (TPSA) is 197 Å². The summed E-state index contributed by atoms with van der Waals surface area (Å²) in [6.07, 6.45) is 8.13. The van der Waals surface area contributed by atoms with Crippen LogP contribution in [0.15, 0.2) is 12.5 Å². The number of amides is 3. The van der Waals surface area contributed by atoms with Crippen molar-refractivity contribution in [3.63, 3.8) is 0 Å². The number of carbonyl (C=O) groups excluding carboxylic acids is 3. The molecule has 13 heteroatoms. The molecule has 3 amide bonds. The molecule has 1 fully saturated rings. The Kier molecular flexibility index (Phi) is 12.0. The fourth-order valence-corrected chi connectivity index (χ4v) is 4.50. The van der Waals surface area contributed by atoms with Crippen LogP contribution in [0.5, 0.6) is 0 Å². The van der Waals surface area contributed by atoms with Crippen molar-refractivity contribution < 1.29 is 24.3 Å². The number of aromatic amines is 1. The van der Waals surface area contributed by atoms with Crippen LogP contribution >= 0.6 is 11.8 Å². The first-order chi connectivity index (χ1) is 16.8. The summed E-state index contributed by atoms with van der Waals surface area (Å²) in [6.45, 7) is 0.834. The highest BCUT2D eigenvalue weighted by Gasteiger charge is 2.38. The van der Waals surface area contributed by atoms with Crippen LogP contribution < -0.4 is 22.1 Å². The lowest BCUT2D eigenvalue weighted by Gasteiger charge is -2.28. The fraction of sp³-hybridized carbons (Fsp3) is 0.682. The van der Waals surface area contributed by atoms with E-state index in [2.05, 4.69) is 20.6 Å². The molecule has 0 spiro atoms. The number of carbonyl (C=O) groups is 4. The van der Waals surface area contributed by atoms with Gasteiger partial charge in [0.25, 0.3) is 0 Å². The molecule has 4 unspecified atom stereocenters. The number of aliphatic carboxylic acids is 1. The molecule has 2 heterocycles. The number of imidazole rings is 1. The number of hydrogen-bond acceptors (Lipinski definition) is 8. The number of aromatic nitrogens is 2. The number of nitrogens with zero attached hydrogens (tertiary/aromatic N) is 2. The minimum Gasteiger partial charge on any atom is -0.480 e. The third-order valence-electron chi connectivity index (χ3n) is 5.96. The predicted octanol–water partition coefficient (Wildman–Crippen LogP) is -0.793. The lowest BCUT2D eigenvalue weighted by Crippen LogP contribution is -2.56. The van der Waals surface area contributed by atoms with Gasteiger partial charge in [-0.25, -0.2) is 9.78 Å². The predicted molar refractivity (Wildman–Crippen MR) is 132 cm³/mol. The van der Waals surface area contributed by atoms with E-state index in [9.17, 15) is 24.3 Å². The number of nitrogens with two attached hydrogens (primary N) is 2. The molecule has 0 aromatic carbocycles. The number of rotatable bonds is 15. The molecule has 0 aliphatic carbocycles. The summed E-state index contributed by atoms with van der Waals surface area (Å²) in [5.41, 5.74) is 12.4. The summed E-state index contributed by atoms with van der Waals surface area (Å²) in [5.74, 6) is -1.91. The number of carboxylic acids is 1. The molecule has 196 valence electrons. The summed E-state index contributed by atoms with van der Waals surface area (Å²) in [7, 11) is 0. The smallest absolute Gasteiger partial charge is 0.326 e. The number of carboxylic acid groups (broad SMARTS) is 1. The first-order valence-corrected chi connectivity index (χ1v) is 13.2. The number of H-pyrrole nitrogens is 1. The normalized spacial score (nSPS) is 18.0. The van der Waals surface area contributed by atoms with E-state index in [1.165, 1.54) is 23.0 Å². The molecule has 12 nitrogen and oxygen atoms in total. The maximum atomic E-state index is 13.2. The Balaban J connectivity index is 2.05. The highest BCUT2D eigenvalue weighted by atomic mass is 32.2. The van der Waals surface area contributed by atoms with Crippen LogP contribution in [0.3, 0.4) is 0 Å². The Morgan fingerprint density at radius 2 is 2.03 bits per heavy atom. The van der Waals surface area contributed by atoms with Crippen LogP contribution in [0.25, 0.3) is 0 Å². The molecule has 1 aromatic heterocycles. The lowest BCUT2D eigenvalue weighted by atomic mass is 10.1. The Labute approximate surface area is 209 Å². The third-order valence-corrected chi connectivity index (χ3v) is 6.60. The van der Waals surface area contributed by atoms with E-state index in [0.717, 1.165) is 5.69 Å². The average molecular weight is 512 g/mol. The lowest BCUT2D eigenvalue weighted by molar-refractivity contribution is -0.143. The standard InChI is InChI=1S/C22H37N7O5S/c1-35-10-7-17(22(33)34)28-19(30)16(5-2-3-8-23)27-20(31)18-6-4-9-29(18)21(32)15(24)11-14-12-25-13-26-14/h12-13,15-18H,2-11,23-24H2,1H3,(H,25,26)(H,27,31)(H,28,30)(H,33,34). The third kappa shape index (κ3) is 8.82. The van der Waals surface area contributed by atoms with Gasteiger partial charge in [-0.1, -0.05) is 0 Å². The summed E-state index contributed by atoms with van der Waals surface area (Å²) < 4.78 is 0. The molecule has 8 N–H and O–H groups in total. The van der Waals surface area contributed by atoms with Crippen LogP contribution in [-0.2, 0) is 25.6 Å². The Morgan fingerprint density at radius 3 is 2.66 bits per heavy atom.